The number of amides is 2. The third-order valence-corrected chi connectivity index (χ3v) is 7.26. The highest BCUT2D eigenvalue weighted by Crippen LogP contribution is 2.33. The van der Waals surface area contributed by atoms with Crippen molar-refractivity contribution in [2.24, 2.45) is 0 Å². The summed E-state index contributed by atoms with van der Waals surface area (Å²) >= 11 is 0. The van der Waals surface area contributed by atoms with Crippen molar-refractivity contribution >= 4 is 17.5 Å². The SMILES string of the molecule is C[C@@H]1CN(C(=O)CCC(=O)NCCCN2CCN(C3CCCCC3)CC2)c2ccccc2O1. The number of nitrogens with zero attached hydrogens (tertiary/aromatic N) is 3. The van der Waals surface area contributed by atoms with Gasteiger partial charge in [-0.3, -0.25) is 14.5 Å². The molecule has 2 fully saturated rings. The molecular weight excluding hydrogens is 416 g/mol. The summed E-state index contributed by atoms with van der Waals surface area (Å²) in [5.74, 6) is 0.664. The maximum Gasteiger partial charge on any atom is 0.227 e. The van der Waals surface area contributed by atoms with E-state index in [0.29, 0.717) is 13.1 Å². The third-order valence-electron chi connectivity index (χ3n) is 7.26. The number of anilines is 1. The van der Waals surface area contributed by atoms with Crippen molar-refractivity contribution in [2.45, 2.75) is 70.4 Å². The van der Waals surface area contributed by atoms with Gasteiger partial charge in [0.05, 0.1) is 12.2 Å². The van der Waals surface area contributed by atoms with E-state index in [9.17, 15) is 9.59 Å². The molecule has 2 heterocycles. The van der Waals surface area contributed by atoms with E-state index in [0.717, 1.165) is 43.5 Å². The fourth-order valence-electron chi connectivity index (χ4n) is 5.40. The average Bonchev–Trinajstić information content (AvgIpc) is 2.85. The summed E-state index contributed by atoms with van der Waals surface area (Å²) in [4.78, 5) is 32.0. The number of para-hydroxylation sites is 2. The van der Waals surface area contributed by atoms with Gasteiger partial charge in [-0.25, -0.2) is 0 Å². The Morgan fingerprint density at radius 1 is 1.03 bits per heavy atom. The zero-order chi connectivity index (χ0) is 23.0. The van der Waals surface area contributed by atoms with Crippen molar-refractivity contribution in [2.75, 3.05) is 50.7 Å². The zero-order valence-electron chi connectivity index (χ0n) is 20.1. The van der Waals surface area contributed by atoms with E-state index in [1.807, 2.05) is 31.2 Å². The second-order valence-corrected chi connectivity index (χ2v) is 9.77. The molecule has 0 unspecified atom stereocenters. The number of hydrogen-bond donors (Lipinski definition) is 1. The number of hydrogen-bond acceptors (Lipinski definition) is 5. The van der Waals surface area contributed by atoms with Crippen LogP contribution < -0.4 is 15.0 Å². The van der Waals surface area contributed by atoms with Crippen LogP contribution >= 0.6 is 0 Å². The molecule has 1 saturated heterocycles. The maximum atomic E-state index is 12.8. The molecule has 0 bridgehead atoms. The summed E-state index contributed by atoms with van der Waals surface area (Å²) in [6.07, 6.45) is 8.32. The highest BCUT2D eigenvalue weighted by Gasteiger charge is 2.27. The lowest BCUT2D eigenvalue weighted by atomic mass is 9.94. The van der Waals surface area contributed by atoms with E-state index in [4.69, 9.17) is 4.74 Å². The number of fused-ring (bicyclic) bond motifs is 1. The molecule has 1 atom stereocenters. The second kappa shape index (κ2) is 11.8. The van der Waals surface area contributed by atoms with Crippen LogP contribution in [0.15, 0.2) is 24.3 Å². The quantitative estimate of drug-likeness (QED) is 0.609. The van der Waals surface area contributed by atoms with Gasteiger partial charge in [-0.15, -0.1) is 0 Å². The summed E-state index contributed by atoms with van der Waals surface area (Å²) in [6, 6.07) is 8.41. The van der Waals surface area contributed by atoms with Gasteiger partial charge >= 0.3 is 0 Å². The summed E-state index contributed by atoms with van der Waals surface area (Å²) in [7, 11) is 0. The molecule has 1 aliphatic carbocycles. The number of piperazine rings is 1. The molecule has 1 saturated carbocycles. The molecule has 0 aromatic heterocycles. The fourth-order valence-corrected chi connectivity index (χ4v) is 5.40. The molecule has 0 spiro atoms. The van der Waals surface area contributed by atoms with Crippen LogP contribution in [-0.4, -0.2) is 79.6 Å². The lowest BCUT2D eigenvalue weighted by Gasteiger charge is -2.40. The first-order valence-electron chi connectivity index (χ1n) is 12.9. The van der Waals surface area contributed by atoms with Crippen molar-refractivity contribution in [3.05, 3.63) is 24.3 Å². The maximum absolute atomic E-state index is 12.8. The number of carbonyl (C=O) groups excluding carboxylic acids is 2. The molecule has 33 heavy (non-hydrogen) atoms. The minimum atomic E-state index is -0.0535. The van der Waals surface area contributed by atoms with Gasteiger partial charge in [0, 0.05) is 51.6 Å². The molecule has 1 aromatic rings. The van der Waals surface area contributed by atoms with Gasteiger partial charge in [0.1, 0.15) is 11.9 Å². The van der Waals surface area contributed by atoms with Gasteiger partial charge in [-0.2, -0.15) is 0 Å². The summed E-state index contributed by atoms with van der Waals surface area (Å²) in [5.41, 5.74) is 0.796. The van der Waals surface area contributed by atoms with Crippen LogP contribution in [0.3, 0.4) is 0 Å². The van der Waals surface area contributed by atoms with Crippen LogP contribution in [0.25, 0.3) is 0 Å². The predicted molar refractivity (Wildman–Crippen MR) is 131 cm³/mol. The van der Waals surface area contributed by atoms with E-state index >= 15 is 0 Å². The summed E-state index contributed by atoms with van der Waals surface area (Å²) in [6.45, 7) is 8.82. The molecular formula is C26H40N4O3. The van der Waals surface area contributed by atoms with Crippen molar-refractivity contribution < 1.29 is 14.3 Å². The van der Waals surface area contributed by atoms with E-state index in [1.54, 1.807) is 4.90 Å². The number of carbonyl (C=O) groups is 2. The number of nitrogens with one attached hydrogen (secondary N) is 1. The molecule has 1 aromatic carbocycles. The van der Waals surface area contributed by atoms with Gasteiger partial charge in [0.15, 0.2) is 0 Å². The highest BCUT2D eigenvalue weighted by atomic mass is 16.5. The van der Waals surface area contributed by atoms with Crippen molar-refractivity contribution in [1.82, 2.24) is 15.1 Å². The van der Waals surface area contributed by atoms with Crippen LogP contribution in [0.5, 0.6) is 5.75 Å². The highest BCUT2D eigenvalue weighted by molar-refractivity contribution is 5.97. The van der Waals surface area contributed by atoms with Crippen LogP contribution in [0.1, 0.15) is 58.3 Å². The molecule has 4 rings (SSSR count). The molecule has 7 heteroatoms. The Labute approximate surface area is 198 Å². The average molecular weight is 457 g/mol. The standard InChI is InChI=1S/C26H40N4O3/c1-21-20-30(23-10-5-6-11-24(23)33-21)26(32)13-12-25(31)27-14-7-15-28-16-18-29(19-17-28)22-8-3-2-4-9-22/h5-6,10-11,21-22H,2-4,7-9,12-20H2,1H3,(H,27,31)/t21-/m1/s1. The Hall–Kier alpha value is -2.12. The summed E-state index contributed by atoms with van der Waals surface area (Å²) < 4.78 is 5.81. The van der Waals surface area contributed by atoms with Crippen LogP contribution in [0.2, 0.25) is 0 Å². The molecule has 7 nitrogen and oxygen atoms in total. The Kier molecular flexibility index (Phi) is 8.62. The van der Waals surface area contributed by atoms with E-state index < -0.39 is 0 Å². The van der Waals surface area contributed by atoms with Gasteiger partial charge < -0.3 is 19.9 Å². The number of benzene rings is 1. The van der Waals surface area contributed by atoms with E-state index in [1.165, 1.54) is 45.2 Å². The largest absolute Gasteiger partial charge is 0.487 e. The van der Waals surface area contributed by atoms with Gasteiger partial charge in [-0.05, 0) is 44.9 Å². The Morgan fingerprint density at radius 3 is 2.58 bits per heavy atom. The Bertz CT molecular complexity index is 787. The van der Waals surface area contributed by atoms with Crippen LogP contribution in [-0.2, 0) is 9.59 Å². The van der Waals surface area contributed by atoms with Gasteiger partial charge in [0.25, 0.3) is 0 Å². The second-order valence-electron chi connectivity index (χ2n) is 9.77. The molecule has 1 N–H and O–H groups in total. The monoisotopic (exact) mass is 456 g/mol. The first kappa shape index (κ1) is 24.0. The lowest BCUT2D eigenvalue weighted by molar-refractivity contribution is -0.125. The molecule has 2 amide bonds. The van der Waals surface area contributed by atoms with E-state index in [2.05, 4.69) is 15.1 Å². The molecule has 2 aliphatic heterocycles. The Balaban J connectivity index is 1.10. The minimum Gasteiger partial charge on any atom is -0.487 e. The first-order chi connectivity index (χ1) is 16.1. The first-order valence-corrected chi connectivity index (χ1v) is 12.9. The van der Waals surface area contributed by atoms with Crippen LogP contribution in [0, 0.1) is 0 Å². The predicted octanol–water partition coefficient (Wildman–Crippen LogP) is 3.04. The zero-order valence-corrected chi connectivity index (χ0v) is 20.1. The third kappa shape index (κ3) is 6.70. The van der Waals surface area contributed by atoms with Crippen molar-refractivity contribution in [1.29, 1.82) is 0 Å². The van der Waals surface area contributed by atoms with Crippen LogP contribution in [0.4, 0.5) is 5.69 Å². The molecule has 0 radical (unpaired) electrons. The fraction of sp³-hybridized carbons (Fsp3) is 0.692. The lowest BCUT2D eigenvalue weighted by Crippen LogP contribution is -2.51. The normalized spacial score (nSPS) is 22.5. The number of ether oxygens (including phenoxy) is 1. The minimum absolute atomic E-state index is 0.0245. The smallest absolute Gasteiger partial charge is 0.227 e. The van der Waals surface area contributed by atoms with Crippen molar-refractivity contribution in [3.63, 3.8) is 0 Å². The van der Waals surface area contributed by atoms with E-state index in [-0.39, 0.29) is 30.8 Å². The van der Waals surface area contributed by atoms with Crippen molar-refractivity contribution in [3.8, 4) is 5.75 Å². The van der Waals surface area contributed by atoms with Gasteiger partial charge in [-0.1, -0.05) is 31.4 Å². The number of rotatable bonds is 8. The molecule has 3 aliphatic rings. The Morgan fingerprint density at radius 2 is 1.79 bits per heavy atom. The summed E-state index contributed by atoms with van der Waals surface area (Å²) in [5, 5.41) is 3.00. The molecule has 182 valence electrons. The topological polar surface area (TPSA) is 65.1 Å². The van der Waals surface area contributed by atoms with Gasteiger partial charge in [0.2, 0.25) is 11.8 Å².